The number of amides is 2. The van der Waals surface area contributed by atoms with Crippen molar-refractivity contribution in [2.24, 2.45) is 0 Å². The maximum absolute atomic E-state index is 13.6. The molecule has 1 N–H and O–H groups in total. The van der Waals surface area contributed by atoms with Crippen LogP contribution in [0.25, 0.3) is 11.3 Å². The molecule has 0 unspecified atom stereocenters. The van der Waals surface area contributed by atoms with Crippen LogP contribution in [0, 0.1) is 11.6 Å². The molecule has 1 atom stereocenters. The van der Waals surface area contributed by atoms with E-state index in [0.717, 1.165) is 18.3 Å². The zero-order valence-corrected chi connectivity index (χ0v) is 17.8. The molecule has 8 nitrogen and oxygen atoms in total. The third kappa shape index (κ3) is 4.19. The first-order chi connectivity index (χ1) is 15.2. The van der Waals surface area contributed by atoms with Crippen molar-refractivity contribution in [1.29, 1.82) is 0 Å². The first-order valence-electron chi connectivity index (χ1n) is 9.09. The molecule has 0 spiro atoms. The lowest BCUT2D eigenvalue weighted by molar-refractivity contribution is -0.120. The Bertz CT molecular complexity index is 1240. The number of carbonyl (C=O) groups is 2. The van der Waals surface area contributed by atoms with Crippen molar-refractivity contribution in [3.8, 4) is 17.0 Å². The molecule has 32 heavy (non-hydrogen) atoms. The van der Waals surface area contributed by atoms with E-state index >= 15 is 0 Å². The van der Waals surface area contributed by atoms with Crippen LogP contribution in [0.2, 0.25) is 10.0 Å². The molecule has 12 heteroatoms. The van der Waals surface area contributed by atoms with Gasteiger partial charge in [0.2, 0.25) is 5.82 Å². The molecular weight excluding hydrogens is 467 g/mol. The van der Waals surface area contributed by atoms with E-state index in [2.05, 4.69) is 20.3 Å². The molecule has 1 aliphatic heterocycles. The molecule has 0 saturated heterocycles. The molecule has 0 bridgehead atoms. The minimum atomic E-state index is -1.10. The van der Waals surface area contributed by atoms with Gasteiger partial charge in [0.05, 0.1) is 21.9 Å². The van der Waals surface area contributed by atoms with Crippen LogP contribution in [-0.2, 0) is 4.79 Å². The van der Waals surface area contributed by atoms with Gasteiger partial charge in [0.25, 0.3) is 11.8 Å². The lowest BCUT2D eigenvalue weighted by atomic mass is 10.1. The molecule has 164 valence electrons. The molecule has 4 rings (SSSR count). The number of carbonyl (C=O) groups excluding carboxylic acids is 2. The first-order valence-corrected chi connectivity index (χ1v) is 9.85. The Labute approximate surface area is 190 Å². The predicted octanol–water partition coefficient (Wildman–Crippen LogP) is 3.28. The quantitative estimate of drug-likeness (QED) is 0.618. The summed E-state index contributed by atoms with van der Waals surface area (Å²) < 4.78 is 32.4. The van der Waals surface area contributed by atoms with Gasteiger partial charge < -0.3 is 10.1 Å². The topological polar surface area (TPSA) is 97.3 Å². The largest absolute Gasteiger partial charge is 0.487 e. The highest BCUT2D eigenvalue weighted by molar-refractivity contribution is 6.33. The SMILES string of the molecule is CN1C(=O)[C@@H](NC(=O)c2ncc(Cl)c(-c3ccc(F)c(F)c3)n2)COc2cc(Cl)cnc21. The van der Waals surface area contributed by atoms with Gasteiger partial charge in [-0.25, -0.2) is 23.7 Å². The van der Waals surface area contributed by atoms with Crippen LogP contribution in [0.4, 0.5) is 14.6 Å². The number of pyridine rings is 1. The number of halogens is 4. The third-order valence-corrected chi connectivity index (χ3v) is 5.08. The number of fused-ring (bicyclic) bond motifs is 1. The van der Waals surface area contributed by atoms with Crippen molar-refractivity contribution in [3.05, 3.63) is 64.2 Å². The van der Waals surface area contributed by atoms with Crippen molar-refractivity contribution in [2.45, 2.75) is 6.04 Å². The number of hydrogen-bond donors (Lipinski definition) is 1. The molecule has 1 aromatic carbocycles. The van der Waals surface area contributed by atoms with Gasteiger partial charge in [-0.2, -0.15) is 0 Å². The molecule has 0 saturated carbocycles. The molecule has 0 fully saturated rings. The van der Waals surface area contributed by atoms with Gasteiger partial charge in [0.15, 0.2) is 23.2 Å². The lowest BCUT2D eigenvalue weighted by Gasteiger charge is -2.19. The number of rotatable bonds is 3. The van der Waals surface area contributed by atoms with E-state index in [-0.39, 0.29) is 40.3 Å². The maximum atomic E-state index is 13.6. The summed E-state index contributed by atoms with van der Waals surface area (Å²) in [5.41, 5.74) is 0.176. The third-order valence-electron chi connectivity index (χ3n) is 4.60. The number of likely N-dealkylation sites (N-methyl/N-ethyl adjacent to an activating group) is 1. The molecule has 2 amide bonds. The van der Waals surface area contributed by atoms with Crippen LogP contribution in [0.1, 0.15) is 10.6 Å². The predicted molar refractivity (Wildman–Crippen MR) is 112 cm³/mol. The van der Waals surface area contributed by atoms with Crippen LogP contribution in [-0.4, -0.2) is 46.5 Å². The normalized spacial score (nSPS) is 15.6. The monoisotopic (exact) mass is 479 g/mol. The summed E-state index contributed by atoms with van der Waals surface area (Å²) in [5.74, 6) is -3.20. The van der Waals surface area contributed by atoms with Crippen LogP contribution in [0.15, 0.2) is 36.7 Å². The van der Waals surface area contributed by atoms with Gasteiger partial charge in [-0.1, -0.05) is 23.2 Å². The second-order valence-electron chi connectivity index (χ2n) is 6.73. The number of benzene rings is 1. The highest BCUT2D eigenvalue weighted by Gasteiger charge is 2.32. The summed E-state index contributed by atoms with van der Waals surface area (Å²) in [6.07, 6.45) is 2.52. The molecule has 1 aliphatic rings. The fourth-order valence-electron chi connectivity index (χ4n) is 3.00. The number of aromatic nitrogens is 3. The Morgan fingerprint density at radius 2 is 1.97 bits per heavy atom. The van der Waals surface area contributed by atoms with E-state index in [0.29, 0.717) is 5.02 Å². The van der Waals surface area contributed by atoms with Crippen molar-refractivity contribution < 1.29 is 23.1 Å². The van der Waals surface area contributed by atoms with Gasteiger partial charge in [-0.3, -0.25) is 14.5 Å². The number of nitrogens with one attached hydrogen (secondary N) is 1. The smallest absolute Gasteiger partial charge is 0.289 e. The van der Waals surface area contributed by atoms with E-state index in [1.807, 2.05) is 0 Å². The molecule has 3 aromatic rings. The Morgan fingerprint density at radius 3 is 2.72 bits per heavy atom. The van der Waals surface area contributed by atoms with Crippen LogP contribution in [0.3, 0.4) is 0 Å². The number of anilines is 1. The minimum absolute atomic E-state index is 0.0255. The molecule has 0 radical (unpaired) electrons. The number of ether oxygens (including phenoxy) is 1. The minimum Gasteiger partial charge on any atom is -0.487 e. The van der Waals surface area contributed by atoms with Crippen molar-refractivity contribution >= 4 is 40.8 Å². The van der Waals surface area contributed by atoms with Crippen LogP contribution >= 0.6 is 23.2 Å². The van der Waals surface area contributed by atoms with E-state index < -0.39 is 29.5 Å². The summed E-state index contributed by atoms with van der Waals surface area (Å²) >= 11 is 12.0. The molecule has 2 aromatic heterocycles. The summed E-state index contributed by atoms with van der Waals surface area (Å²) in [7, 11) is 1.48. The van der Waals surface area contributed by atoms with Gasteiger partial charge in [0, 0.05) is 24.9 Å². The molecule has 0 aliphatic carbocycles. The Balaban J connectivity index is 1.58. The van der Waals surface area contributed by atoms with Gasteiger partial charge in [-0.15, -0.1) is 0 Å². The number of hydrogen-bond acceptors (Lipinski definition) is 6. The summed E-state index contributed by atoms with van der Waals surface area (Å²) in [5, 5.41) is 2.86. The summed E-state index contributed by atoms with van der Waals surface area (Å²) in [6, 6.07) is 3.51. The Kier molecular flexibility index (Phi) is 5.90. The van der Waals surface area contributed by atoms with E-state index in [4.69, 9.17) is 27.9 Å². The molecule has 3 heterocycles. The van der Waals surface area contributed by atoms with Crippen molar-refractivity contribution in [1.82, 2.24) is 20.3 Å². The van der Waals surface area contributed by atoms with Gasteiger partial charge >= 0.3 is 0 Å². The second-order valence-corrected chi connectivity index (χ2v) is 7.57. The Hall–Kier alpha value is -3.37. The zero-order valence-electron chi connectivity index (χ0n) is 16.3. The summed E-state index contributed by atoms with van der Waals surface area (Å²) in [6.45, 7) is -0.187. The standard InChI is InChI=1S/C20H13Cl2F2N5O3/c1-29-18-15(5-10(21)6-26-18)32-8-14(20(29)31)27-19(30)17-25-7-11(22)16(28-17)9-2-3-12(23)13(24)4-9/h2-7,14H,8H2,1H3,(H,27,30)/t14-/m0/s1. The summed E-state index contributed by atoms with van der Waals surface area (Å²) in [4.78, 5) is 38.8. The average molecular weight is 480 g/mol. The van der Waals surface area contributed by atoms with E-state index in [1.54, 1.807) is 0 Å². The van der Waals surface area contributed by atoms with Crippen molar-refractivity contribution in [3.63, 3.8) is 0 Å². The van der Waals surface area contributed by atoms with E-state index in [9.17, 15) is 18.4 Å². The Morgan fingerprint density at radius 1 is 1.19 bits per heavy atom. The first kappa shape index (κ1) is 21.8. The average Bonchev–Trinajstić information content (AvgIpc) is 2.88. The fraction of sp³-hybridized carbons (Fsp3) is 0.150. The van der Waals surface area contributed by atoms with Crippen LogP contribution < -0.4 is 15.0 Å². The zero-order chi connectivity index (χ0) is 23.0. The fourth-order valence-corrected chi connectivity index (χ4v) is 3.35. The second kappa shape index (κ2) is 8.64. The van der Waals surface area contributed by atoms with E-state index in [1.165, 1.54) is 30.3 Å². The highest BCUT2D eigenvalue weighted by atomic mass is 35.5. The number of nitrogens with zero attached hydrogens (tertiary/aromatic N) is 4. The maximum Gasteiger partial charge on any atom is 0.289 e. The lowest BCUT2D eigenvalue weighted by Crippen LogP contribution is -2.49. The van der Waals surface area contributed by atoms with Gasteiger partial charge in [-0.05, 0) is 18.2 Å². The molecular formula is C20H13Cl2F2N5O3. The highest BCUT2D eigenvalue weighted by Crippen LogP contribution is 2.31. The van der Waals surface area contributed by atoms with Crippen molar-refractivity contribution in [2.75, 3.05) is 18.6 Å². The van der Waals surface area contributed by atoms with Gasteiger partial charge in [0.1, 0.15) is 12.6 Å². The van der Waals surface area contributed by atoms with Crippen LogP contribution in [0.5, 0.6) is 5.75 Å².